The molecule has 3 rings (SSSR count). The lowest BCUT2D eigenvalue weighted by Crippen LogP contribution is -2.35. The van der Waals surface area contributed by atoms with Gasteiger partial charge < -0.3 is 10.2 Å². The molecule has 3 heterocycles. The number of hydrogen-bond donors (Lipinski definition) is 1. The number of hydrogen-bond acceptors (Lipinski definition) is 4. The fourth-order valence-corrected chi connectivity index (χ4v) is 3.02. The maximum Gasteiger partial charge on any atom is 0.161 e. The van der Waals surface area contributed by atoms with Crippen molar-refractivity contribution in [2.45, 2.75) is 19.8 Å². The second kappa shape index (κ2) is 6.26. The lowest BCUT2D eigenvalue weighted by atomic mass is 9.98. The van der Waals surface area contributed by atoms with E-state index in [0.29, 0.717) is 5.92 Å². The number of piperidine rings is 1. The van der Waals surface area contributed by atoms with E-state index in [1.165, 1.54) is 25.9 Å². The second-order valence-corrected chi connectivity index (χ2v) is 5.87. The van der Waals surface area contributed by atoms with Crippen molar-refractivity contribution in [1.82, 2.24) is 19.4 Å². The molecule has 0 aromatic carbocycles. The zero-order valence-electron chi connectivity index (χ0n) is 12.8. The molecule has 1 saturated heterocycles. The van der Waals surface area contributed by atoms with Crippen LogP contribution in [0, 0.1) is 12.8 Å². The molecule has 0 radical (unpaired) electrons. The number of aryl methyl sites for hydroxylation is 1. The highest BCUT2D eigenvalue weighted by Gasteiger charge is 2.17. The van der Waals surface area contributed by atoms with Gasteiger partial charge in [-0.3, -0.25) is 4.57 Å². The number of anilines is 1. The number of nitrogens with zero attached hydrogens (tertiary/aromatic N) is 4. The van der Waals surface area contributed by atoms with Crippen LogP contribution in [0.15, 0.2) is 30.7 Å². The minimum atomic E-state index is 0.709. The number of pyridine rings is 1. The van der Waals surface area contributed by atoms with E-state index >= 15 is 0 Å². The first-order chi connectivity index (χ1) is 10.2. The van der Waals surface area contributed by atoms with Gasteiger partial charge in [0.1, 0.15) is 5.82 Å². The van der Waals surface area contributed by atoms with Crippen molar-refractivity contribution < 1.29 is 0 Å². The Morgan fingerprint density at radius 3 is 3.00 bits per heavy atom. The van der Waals surface area contributed by atoms with E-state index < -0.39 is 0 Å². The SMILES string of the molecule is Cc1nccn1-c1ncccc1NCC1CCCN(C)C1. The number of nitrogens with one attached hydrogen (secondary N) is 1. The van der Waals surface area contributed by atoms with Gasteiger partial charge in [-0.05, 0) is 51.4 Å². The van der Waals surface area contributed by atoms with Crippen molar-refractivity contribution in [2.24, 2.45) is 5.92 Å². The molecule has 1 fully saturated rings. The normalized spacial score (nSPS) is 19.6. The summed E-state index contributed by atoms with van der Waals surface area (Å²) in [5, 5.41) is 3.58. The fraction of sp³-hybridized carbons (Fsp3) is 0.500. The van der Waals surface area contributed by atoms with Crippen LogP contribution in [0.4, 0.5) is 5.69 Å². The third-order valence-corrected chi connectivity index (χ3v) is 4.14. The molecular formula is C16H23N5. The lowest BCUT2D eigenvalue weighted by Gasteiger charge is -2.30. The van der Waals surface area contributed by atoms with Gasteiger partial charge in [-0.15, -0.1) is 0 Å². The first-order valence-corrected chi connectivity index (χ1v) is 7.62. The highest BCUT2D eigenvalue weighted by Crippen LogP contribution is 2.21. The molecule has 1 aliphatic rings. The van der Waals surface area contributed by atoms with Crippen molar-refractivity contribution in [3.63, 3.8) is 0 Å². The molecule has 2 aromatic heterocycles. The van der Waals surface area contributed by atoms with Gasteiger partial charge in [-0.2, -0.15) is 0 Å². The van der Waals surface area contributed by atoms with E-state index in [1.54, 1.807) is 0 Å². The first kappa shape index (κ1) is 14.1. The minimum Gasteiger partial charge on any atom is -0.382 e. The fourth-order valence-electron chi connectivity index (χ4n) is 3.02. The van der Waals surface area contributed by atoms with Crippen molar-refractivity contribution in [3.8, 4) is 5.82 Å². The highest BCUT2D eigenvalue weighted by molar-refractivity contribution is 5.57. The van der Waals surface area contributed by atoms with Gasteiger partial charge in [0.15, 0.2) is 5.82 Å². The van der Waals surface area contributed by atoms with E-state index in [4.69, 9.17) is 0 Å². The summed E-state index contributed by atoms with van der Waals surface area (Å²) < 4.78 is 2.02. The van der Waals surface area contributed by atoms with Crippen LogP contribution >= 0.6 is 0 Å². The molecule has 0 saturated carbocycles. The average molecular weight is 285 g/mol. The molecule has 1 unspecified atom stereocenters. The minimum absolute atomic E-state index is 0.709. The van der Waals surface area contributed by atoms with Gasteiger partial charge in [-0.1, -0.05) is 0 Å². The zero-order valence-corrected chi connectivity index (χ0v) is 12.8. The smallest absolute Gasteiger partial charge is 0.161 e. The average Bonchev–Trinajstić information content (AvgIpc) is 2.91. The van der Waals surface area contributed by atoms with E-state index in [-0.39, 0.29) is 0 Å². The molecule has 21 heavy (non-hydrogen) atoms. The molecule has 1 atom stereocenters. The summed E-state index contributed by atoms with van der Waals surface area (Å²) in [6, 6.07) is 4.07. The largest absolute Gasteiger partial charge is 0.382 e. The zero-order chi connectivity index (χ0) is 14.7. The molecule has 1 N–H and O–H groups in total. The van der Waals surface area contributed by atoms with Gasteiger partial charge in [0, 0.05) is 31.7 Å². The van der Waals surface area contributed by atoms with Crippen LogP contribution in [-0.2, 0) is 0 Å². The Balaban J connectivity index is 1.72. The van der Waals surface area contributed by atoms with Crippen molar-refractivity contribution in [3.05, 3.63) is 36.5 Å². The van der Waals surface area contributed by atoms with Gasteiger partial charge in [0.25, 0.3) is 0 Å². The van der Waals surface area contributed by atoms with E-state index in [9.17, 15) is 0 Å². The molecule has 112 valence electrons. The monoisotopic (exact) mass is 285 g/mol. The Labute approximate surface area is 126 Å². The molecule has 2 aromatic rings. The molecule has 5 heteroatoms. The standard InChI is InChI=1S/C16H23N5/c1-13-17-8-10-21(13)16-15(6-3-7-18-16)19-11-14-5-4-9-20(2)12-14/h3,6-8,10,14,19H,4-5,9,11-12H2,1-2H3. The molecule has 1 aliphatic heterocycles. The summed E-state index contributed by atoms with van der Waals surface area (Å²) in [4.78, 5) is 11.2. The molecule has 5 nitrogen and oxygen atoms in total. The summed E-state index contributed by atoms with van der Waals surface area (Å²) in [5.74, 6) is 2.59. The second-order valence-electron chi connectivity index (χ2n) is 5.87. The Bertz CT molecular complexity index is 592. The highest BCUT2D eigenvalue weighted by atomic mass is 15.1. The Hall–Kier alpha value is -1.88. The summed E-state index contributed by atoms with van der Waals surface area (Å²) in [7, 11) is 2.20. The van der Waals surface area contributed by atoms with Crippen molar-refractivity contribution in [2.75, 3.05) is 32.0 Å². The van der Waals surface area contributed by atoms with Gasteiger partial charge in [-0.25, -0.2) is 9.97 Å². The van der Waals surface area contributed by atoms with Crippen molar-refractivity contribution in [1.29, 1.82) is 0 Å². The summed E-state index contributed by atoms with van der Waals surface area (Å²) in [5.41, 5.74) is 1.08. The quantitative estimate of drug-likeness (QED) is 0.936. The summed E-state index contributed by atoms with van der Waals surface area (Å²) in [6.45, 7) is 5.39. The maximum absolute atomic E-state index is 4.51. The van der Waals surface area contributed by atoms with Crippen LogP contribution in [0.3, 0.4) is 0 Å². The predicted molar refractivity (Wildman–Crippen MR) is 84.8 cm³/mol. The van der Waals surface area contributed by atoms with E-state index in [0.717, 1.165) is 23.9 Å². The van der Waals surface area contributed by atoms with Crippen LogP contribution in [0.1, 0.15) is 18.7 Å². The lowest BCUT2D eigenvalue weighted by molar-refractivity contribution is 0.217. The van der Waals surface area contributed by atoms with Crippen LogP contribution in [0.25, 0.3) is 5.82 Å². The van der Waals surface area contributed by atoms with Gasteiger partial charge in [0.2, 0.25) is 0 Å². The summed E-state index contributed by atoms with van der Waals surface area (Å²) in [6.07, 6.45) is 8.19. The van der Waals surface area contributed by atoms with Crippen LogP contribution < -0.4 is 5.32 Å². The predicted octanol–water partition coefficient (Wildman–Crippen LogP) is 2.33. The van der Waals surface area contributed by atoms with Crippen LogP contribution in [0.5, 0.6) is 0 Å². The maximum atomic E-state index is 4.51. The number of likely N-dealkylation sites (tertiary alicyclic amines) is 1. The first-order valence-electron chi connectivity index (χ1n) is 7.62. The molecule has 0 amide bonds. The number of rotatable bonds is 4. The van der Waals surface area contributed by atoms with Gasteiger partial charge in [0.05, 0.1) is 5.69 Å². The Morgan fingerprint density at radius 1 is 1.33 bits per heavy atom. The van der Waals surface area contributed by atoms with Crippen LogP contribution in [-0.4, -0.2) is 46.1 Å². The Morgan fingerprint density at radius 2 is 2.24 bits per heavy atom. The molecule has 0 aliphatic carbocycles. The molecule has 0 bridgehead atoms. The third-order valence-electron chi connectivity index (χ3n) is 4.14. The third kappa shape index (κ3) is 3.24. The van der Waals surface area contributed by atoms with Crippen LogP contribution in [0.2, 0.25) is 0 Å². The van der Waals surface area contributed by atoms with E-state index in [1.807, 2.05) is 36.1 Å². The van der Waals surface area contributed by atoms with Crippen molar-refractivity contribution >= 4 is 5.69 Å². The number of imidazole rings is 1. The van der Waals surface area contributed by atoms with E-state index in [2.05, 4.69) is 33.3 Å². The topological polar surface area (TPSA) is 46.0 Å². The molecule has 0 spiro atoms. The number of aromatic nitrogens is 3. The Kier molecular flexibility index (Phi) is 4.20. The van der Waals surface area contributed by atoms with Gasteiger partial charge >= 0.3 is 0 Å². The molecular weight excluding hydrogens is 262 g/mol. The summed E-state index contributed by atoms with van der Waals surface area (Å²) >= 11 is 0.